The first-order valence-electron chi connectivity index (χ1n) is 7.64. The molecule has 0 spiro atoms. The summed E-state index contributed by atoms with van der Waals surface area (Å²) in [5.41, 5.74) is 6.49. The zero-order chi connectivity index (χ0) is 18.4. The summed E-state index contributed by atoms with van der Waals surface area (Å²) >= 11 is 6.56. The molecule has 134 valence electrons. The van der Waals surface area contributed by atoms with Crippen molar-refractivity contribution in [3.05, 3.63) is 59.4 Å². The van der Waals surface area contributed by atoms with E-state index in [1.165, 1.54) is 35.6 Å². The fourth-order valence-electron chi connectivity index (χ4n) is 2.07. The minimum atomic E-state index is -0.380. The van der Waals surface area contributed by atoms with Crippen molar-refractivity contribution < 1.29 is 13.9 Å². The molecule has 0 aliphatic rings. The second kappa shape index (κ2) is 8.65. The van der Waals surface area contributed by atoms with Crippen LogP contribution < -0.4 is 16.2 Å². The van der Waals surface area contributed by atoms with E-state index in [4.69, 9.17) is 17.0 Å². The standard InChI is InChI=1S/C17H15FN4O2S2/c18-11-5-7-12(8-6-11)19-17(25)22-21-15(23)9-24-10-16-20-13-3-1-2-4-14(13)26-16/h1-8H,9-10H2,(H,21,23)(H2,19,22,25). The Morgan fingerprint density at radius 1 is 1.15 bits per heavy atom. The Morgan fingerprint density at radius 3 is 2.69 bits per heavy atom. The van der Waals surface area contributed by atoms with Crippen molar-refractivity contribution in [1.29, 1.82) is 0 Å². The van der Waals surface area contributed by atoms with Crippen molar-refractivity contribution in [2.75, 3.05) is 11.9 Å². The van der Waals surface area contributed by atoms with Crippen molar-refractivity contribution in [1.82, 2.24) is 15.8 Å². The number of ether oxygens (including phenoxy) is 1. The van der Waals surface area contributed by atoms with Crippen molar-refractivity contribution in [3.8, 4) is 0 Å². The lowest BCUT2D eigenvalue weighted by molar-refractivity contribution is -0.126. The lowest BCUT2D eigenvalue weighted by Gasteiger charge is -2.11. The van der Waals surface area contributed by atoms with Crippen molar-refractivity contribution in [2.24, 2.45) is 0 Å². The fourth-order valence-corrected chi connectivity index (χ4v) is 3.14. The van der Waals surface area contributed by atoms with E-state index in [1.54, 1.807) is 0 Å². The maximum absolute atomic E-state index is 12.8. The van der Waals surface area contributed by atoms with E-state index in [1.807, 2.05) is 24.3 Å². The van der Waals surface area contributed by atoms with E-state index in [0.717, 1.165) is 15.2 Å². The molecule has 26 heavy (non-hydrogen) atoms. The number of carbonyl (C=O) groups is 1. The summed E-state index contributed by atoms with van der Waals surface area (Å²) in [7, 11) is 0. The summed E-state index contributed by atoms with van der Waals surface area (Å²) in [5, 5.41) is 3.79. The third kappa shape index (κ3) is 5.19. The molecule has 0 aliphatic heterocycles. The minimum Gasteiger partial charge on any atom is -0.364 e. The van der Waals surface area contributed by atoms with E-state index >= 15 is 0 Å². The molecule has 1 amide bonds. The van der Waals surface area contributed by atoms with Gasteiger partial charge in [-0.3, -0.25) is 15.6 Å². The number of thiocarbonyl (C=S) groups is 1. The summed E-state index contributed by atoms with van der Waals surface area (Å²) < 4.78 is 19.3. The number of hydrogen-bond donors (Lipinski definition) is 3. The Balaban J connectivity index is 1.37. The van der Waals surface area contributed by atoms with E-state index in [0.29, 0.717) is 5.69 Å². The van der Waals surface area contributed by atoms with Crippen LogP contribution in [0.5, 0.6) is 0 Å². The van der Waals surface area contributed by atoms with Crippen LogP contribution in [-0.2, 0) is 16.1 Å². The second-order valence-corrected chi connectivity index (χ2v) is 6.73. The molecule has 0 aliphatic carbocycles. The zero-order valence-electron chi connectivity index (χ0n) is 13.5. The van der Waals surface area contributed by atoms with Gasteiger partial charge < -0.3 is 10.1 Å². The predicted molar refractivity (Wildman–Crippen MR) is 103 cm³/mol. The Kier molecular flexibility index (Phi) is 6.05. The molecule has 0 atom stereocenters. The number of fused-ring (bicyclic) bond motifs is 1. The summed E-state index contributed by atoms with van der Waals surface area (Å²) in [5.74, 6) is -0.720. The first-order valence-corrected chi connectivity index (χ1v) is 8.86. The average Bonchev–Trinajstić information content (AvgIpc) is 3.05. The molecular formula is C17H15FN4O2S2. The van der Waals surface area contributed by atoms with Gasteiger partial charge in [-0.1, -0.05) is 12.1 Å². The Hall–Kier alpha value is -2.62. The number of para-hydroxylation sites is 1. The fraction of sp³-hybridized carbons (Fsp3) is 0.118. The van der Waals surface area contributed by atoms with Crippen LogP contribution >= 0.6 is 23.6 Å². The Bertz CT molecular complexity index is 882. The number of amides is 1. The van der Waals surface area contributed by atoms with Gasteiger partial charge in [-0.25, -0.2) is 9.37 Å². The summed E-state index contributed by atoms with van der Waals surface area (Å²) in [6.07, 6.45) is 0. The average molecular weight is 390 g/mol. The number of nitrogens with one attached hydrogen (secondary N) is 3. The molecule has 9 heteroatoms. The zero-order valence-corrected chi connectivity index (χ0v) is 15.1. The highest BCUT2D eigenvalue weighted by atomic mass is 32.1. The molecule has 3 rings (SSSR count). The predicted octanol–water partition coefficient (Wildman–Crippen LogP) is 2.97. The SMILES string of the molecule is O=C(COCc1nc2ccccc2s1)NNC(=S)Nc1ccc(F)cc1. The van der Waals surface area contributed by atoms with Crippen LogP contribution in [0.15, 0.2) is 48.5 Å². The minimum absolute atomic E-state index is 0.137. The second-order valence-electron chi connectivity index (χ2n) is 5.20. The van der Waals surface area contributed by atoms with Gasteiger partial charge in [0.2, 0.25) is 0 Å². The van der Waals surface area contributed by atoms with Crippen LogP contribution in [0.1, 0.15) is 5.01 Å². The smallest absolute Gasteiger partial charge is 0.264 e. The van der Waals surface area contributed by atoms with Gasteiger partial charge in [0.15, 0.2) is 5.11 Å². The quantitative estimate of drug-likeness (QED) is 0.459. The maximum atomic E-state index is 12.8. The van der Waals surface area contributed by atoms with Crippen molar-refractivity contribution in [2.45, 2.75) is 6.61 Å². The first kappa shape index (κ1) is 18.2. The van der Waals surface area contributed by atoms with Gasteiger partial charge >= 0.3 is 0 Å². The molecule has 1 heterocycles. The van der Waals surface area contributed by atoms with Crippen LogP contribution in [-0.4, -0.2) is 22.6 Å². The summed E-state index contributed by atoms with van der Waals surface area (Å²) in [6, 6.07) is 13.5. The van der Waals surface area contributed by atoms with E-state index in [2.05, 4.69) is 21.2 Å². The van der Waals surface area contributed by atoms with Crippen LogP contribution in [0.4, 0.5) is 10.1 Å². The highest BCUT2D eigenvalue weighted by Gasteiger charge is 2.06. The highest BCUT2D eigenvalue weighted by molar-refractivity contribution is 7.80. The molecule has 2 aromatic carbocycles. The van der Waals surface area contributed by atoms with Crippen molar-refractivity contribution >= 4 is 50.5 Å². The van der Waals surface area contributed by atoms with Crippen LogP contribution in [0.2, 0.25) is 0 Å². The van der Waals surface area contributed by atoms with Crippen molar-refractivity contribution in [3.63, 3.8) is 0 Å². The number of benzene rings is 2. The van der Waals surface area contributed by atoms with Gasteiger partial charge in [-0.2, -0.15) is 0 Å². The van der Waals surface area contributed by atoms with Gasteiger partial charge in [-0.15, -0.1) is 11.3 Å². The Labute approximate surface area is 158 Å². The summed E-state index contributed by atoms with van der Waals surface area (Å²) in [4.78, 5) is 16.2. The molecule has 3 N–H and O–H groups in total. The van der Waals surface area contributed by atoms with Gasteiger partial charge in [0, 0.05) is 5.69 Å². The molecule has 0 saturated carbocycles. The third-order valence-corrected chi connectivity index (χ3v) is 4.43. The van der Waals surface area contributed by atoms with Gasteiger partial charge in [0.1, 0.15) is 17.4 Å². The summed E-state index contributed by atoms with van der Waals surface area (Å²) in [6.45, 7) is 0.118. The van der Waals surface area contributed by atoms with Crippen LogP contribution in [0.25, 0.3) is 10.2 Å². The number of aromatic nitrogens is 1. The first-order chi connectivity index (χ1) is 12.6. The normalized spacial score (nSPS) is 10.5. The number of anilines is 1. The highest BCUT2D eigenvalue weighted by Crippen LogP contribution is 2.21. The molecule has 0 saturated heterocycles. The van der Waals surface area contributed by atoms with E-state index in [-0.39, 0.29) is 30.1 Å². The van der Waals surface area contributed by atoms with E-state index in [9.17, 15) is 9.18 Å². The number of thiazole rings is 1. The maximum Gasteiger partial charge on any atom is 0.264 e. The molecule has 0 unspecified atom stereocenters. The van der Waals surface area contributed by atoms with Crippen LogP contribution in [0.3, 0.4) is 0 Å². The van der Waals surface area contributed by atoms with E-state index < -0.39 is 0 Å². The molecular weight excluding hydrogens is 375 g/mol. The molecule has 6 nitrogen and oxygen atoms in total. The van der Waals surface area contributed by atoms with Gasteiger partial charge in [-0.05, 0) is 48.6 Å². The number of hydrazine groups is 1. The number of halogens is 1. The number of nitrogens with zero attached hydrogens (tertiary/aromatic N) is 1. The van der Waals surface area contributed by atoms with Crippen LogP contribution in [0, 0.1) is 5.82 Å². The Morgan fingerprint density at radius 2 is 1.92 bits per heavy atom. The lowest BCUT2D eigenvalue weighted by Crippen LogP contribution is -2.45. The third-order valence-electron chi connectivity index (χ3n) is 3.21. The monoisotopic (exact) mass is 390 g/mol. The molecule has 1 aromatic heterocycles. The lowest BCUT2D eigenvalue weighted by atomic mass is 10.3. The number of rotatable bonds is 5. The molecule has 0 bridgehead atoms. The molecule has 0 radical (unpaired) electrons. The molecule has 3 aromatic rings. The topological polar surface area (TPSA) is 75.3 Å². The van der Waals surface area contributed by atoms with Gasteiger partial charge in [0.25, 0.3) is 5.91 Å². The number of hydrogen-bond acceptors (Lipinski definition) is 5. The molecule has 0 fully saturated rings. The number of carbonyl (C=O) groups excluding carboxylic acids is 1. The van der Waals surface area contributed by atoms with Gasteiger partial charge in [0.05, 0.1) is 16.8 Å². The largest absolute Gasteiger partial charge is 0.364 e.